The maximum absolute atomic E-state index is 5.50. The summed E-state index contributed by atoms with van der Waals surface area (Å²) in [4.78, 5) is 4.51. The van der Waals surface area contributed by atoms with Crippen molar-refractivity contribution in [1.29, 1.82) is 0 Å². The Morgan fingerprint density at radius 2 is 2.32 bits per heavy atom. The Bertz CT molecular complexity index is 602. The maximum atomic E-state index is 5.50. The van der Waals surface area contributed by atoms with E-state index < -0.39 is 0 Å². The Morgan fingerprint density at radius 1 is 1.32 bits per heavy atom. The van der Waals surface area contributed by atoms with E-state index in [4.69, 9.17) is 9.26 Å². The zero-order valence-corrected chi connectivity index (χ0v) is 10.6. The quantitative estimate of drug-likeness (QED) is 0.892. The van der Waals surface area contributed by atoms with Crippen LogP contribution in [-0.4, -0.2) is 23.3 Å². The molecular formula is C14H15N3O2. The fraction of sp³-hybridized carbons (Fsp3) is 0.429. The molecule has 3 heterocycles. The normalized spacial score (nSPS) is 21.4. The Kier molecular flexibility index (Phi) is 2.51. The van der Waals surface area contributed by atoms with E-state index in [2.05, 4.69) is 21.5 Å². The van der Waals surface area contributed by atoms with Crippen LogP contribution in [0, 0.1) is 0 Å². The molecule has 1 aromatic carbocycles. The van der Waals surface area contributed by atoms with Crippen molar-refractivity contribution < 1.29 is 9.26 Å². The van der Waals surface area contributed by atoms with Gasteiger partial charge in [0.05, 0.1) is 12.6 Å². The lowest BCUT2D eigenvalue weighted by molar-refractivity contribution is 0.345. The molecule has 0 aliphatic carbocycles. The van der Waals surface area contributed by atoms with Gasteiger partial charge in [0.1, 0.15) is 5.75 Å². The summed E-state index contributed by atoms with van der Waals surface area (Å²) in [6, 6.07) is 6.29. The van der Waals surface area contributed by atoms with Crippen LogP contribution >= 0.6 is 0 Å². The Balaban J connectivity index is 1.65. The Morgan fingerprint density at radius 3 is 3.21 bits per heavy atom. The summed E-state index contributed by atoms with van der Waals surface area (Å²) < 4.78 is 10.9. The average molecular weight is 257 g/mol. The van der Waals surface area contributed by atoms with Gasteiger partial charge < -0.3 is 14.6 Å². The number of benzene rings is 1. The highest BCUT2D eigenvalue weighted by atomic mass is 16.5. The maximum Gasteiger partial charge on any atom is 0.244 e. The first-order chi connectivity index (χ1) is 9.40. The van der Waals surface area contributed by atoms with E-state index in [1.807, 2.05) is 12.1 Å². The minimum atomic E-state index is 0.221. The highest BCUT2D eigenvalue weighted by Gasteiger charge is 2.23. The third kappa shape index (κ3) is 1.90. The van der Waals surface area contributed by atoms with Crippen molar-refractivity contribution in [1.82, 2.24) is 15.5 Å². The summed E-state index contributed by atoms with van der Waals surface area (Å²) >= 11 is 0. The minimum Gasteiger partial charge on any atom is -0.493 e. The van der Waals surface area contributed by atoms with E-state index in [0.717, 1.165) is 37.3 Å². The van der Waals surface area contributed by atoms with Gasteiger partial charge in [-0.15, -0.1) is 0 Å². The zero-order valence-electron chi connectivity index (χ0n) is 10.6. The number of rotatable bonds is 2. The molecule has 1 N–H and O–H groups in total. The molecule has 2 aliphatic rings. The molecule has 1 saturated heterocycles. The van der Waals surface area contributed by atoms with Crippen LogP contribution in [0.2, 0.25) is 0 Å². The Labute approximate surface area is 111 Å². The SMILES string of the molecule is c1cc2c(cc1-c1noc(C3CCCN3)n1)CCO2. The van der Waals surface area contributed by atoms with Crippen LogP contribution in [0.5, 0.6) is 5.75 Å². The highest BCUT2D eigenvalue weighted by molar-refractivity contribution is 5.59. The van der Waals surface area contributed by atoms with Gasteiger partial charge in [-0.25, -0.2) is 0 Å². The van der Waals surface area contributed by atoms with E-state index >= 15 is 0 Å². The number of aromatic nitrogens is 2. The van der Waals surface area contributed by atoms with Gasteiger partial charge in [-0.05, 0) is 43.1 Å². The number of hydrogen-bond acceptors (Lipinski definition) is 5. The minimum absolute atomic E-state index is 0.221. The number of ether oxygens (including phenoxy) is 1. The lowest BCUT2D eigenvalue weighted by atomic mass is 10.1. The molecular weight excluding hydrogens is 242 g/mol. The second kappa shape index (κ2) is 4.35. The van der Waals surface area contributed by atoms with E-state index in [0.29, 0.717) is 11.7 Å². The predicted molar refractivity (Wildman–Crippen MR) is 68.9 cm³/mol. The van der Waals surface area contributed by atoms with Crippen molar-refractivity contribution in [2.24, 2.45) is 0 Å². The van der Waals surface area contributed by atoms with E-state index in [9.17, 15) is 0 Å². The molecule has 0 saturated carbocycles. The van der Waals surface area contributed by atoms with Crippen molar-refractivity contribution in [2.45, 2.75) is 25.3 Å². The molecule has 19 heavy (non-hydrogen) atoms. The molecule has 1 aromatic heterocycles. The smallest absolute Gasteiger partial charge is 0.244 e. The van der Waals surface area contributed by atoms with Crippen molar-refractivity contribution in [3.05, 3.63) is 29.7 Å². The second-order valence-electron chi connectivity index (χ2n) is 5.03. The number of hydrogen-bond donors (Lipinski definition) is 1. The Hall–Kier alpha value is -1.88. The first-order valence-electron chi connectivity index (χ1n) is 6.73. The van der Waals surface area contributed by atoms with Gasteiger partial charge in [0, 0.05) is 12.0 Å². The molecule has 4 rings (SSSR count). The van der Waals surface area contributed by atoms with Gasteiger partial charge in [-0.3, -0.25) is 0 Å². The molecule has 0 spiro atoms. The summed E-state index contributed by atoms with van der Waals surface area (Å²) in [6.45, 7) is 1.79. The van der Waals surface area contributed by atoms with E-state index in [-0.39, 0.29) is 6.04 Å². The van der Waals surface area contributed by atoms with Gasteiger partial charge in [0.2, 0.25) is 11.7 Å². The van der Waals surface area contributed by atoms with Gasteiger partial charge in [0.15, 0.2) is 0 Å². The third-order valence-corrected chi connectivity index (χ3v) is 3.75. The highest BCUT2D eigenvalue weighted by Crippen LogP contribution is 2.30. The van der Waals surface area contributed by atoms with Crippen LogP contribution in [0.15, 0.2) is 22.7 Å². The van der Waals surface area contributed by atoms with Crippen molar-refractivity contribution in [2.75, 3.05) is 13.2 Å². The predicted octanol–water partition coefficient (Wildman–Crippen LogP) is 2.10. The number of nitrogens with zero attached hydrogens (tertiary/aromatic N) is 2. The molecule has 1 fully saturated rings. The molecule has 0 bridgehead atoms. The number of fused-ring (bicyclic) bond motifs is 1. The first-order valence-corrected chi connectivity index (χ1v) is 6.73. The van der Waals surface area contributed by atoms with Crippen molar-refractivity contribution in [3.8, 4) is 17.1 Å². The molecule has 2 aliphatic heterocycles. The third-order valence-electron chi connectivity index (χ3n) is 3.75. The van der Waals surface area contributed by atoms with Crippen LogP contribution in [0.1, 0.15) is 30.3 Å². The fourth-order valence-corrected chi connectivity index (χ4v) is 2.71. The molecule has 5 nitrogen and oxygen atoms in total. The summed E-state index contributed by atoms with van der Waals surface area (Å²) in [7, 11) is 0. The standard InChI is InChI=1S/C14H15N3O2/c1-2-11(15-6-1)14-16-13(17-19-14)10-3-4-12-9(8-10)5-7-18-12/h3-4,8,11,15H,1-2,5-7H2. The van der Waals surface area contributed by atoms with Crippen LogP contribution < -0.4 is 10.1 Å². The number of nitrogens with one attached hydrogen (secondary N) is 1. The summed E-state index contributed by atoms with van der Waals surface area (Å²) in [5.74, 6) is 2.34. The first kappa shape index (κ1) is 11.0. The summed E-state index contributed by atoms with van der Waals surface area (Å²) in [6.07, 6.45) is 3.19. The molecule has 0 amide bonds. The molecule has 1 atom stereocenters. The van der Waals surface area contributed by atoms with Crippen LogP contribution in [0.3, 0.4) is 0 Å². The lowest BCUT2D eigenvalue weighted by Crippen LogP contribution is -2.12. The van der Waals surface area contributed by atoms with E-state index in [1.54, 1.807) is 0 Å². The van der Waals surface area contributed by atoms with Gasteiger partial charge >= 0.3 is 0 Å². The van der Waals surface area contributed by atoms with Crippen molar-refractivity contribution >= 4 is 0 Å². The monoisotopic (exact) mass is 257 g/mol. The molecule has 2 aromatic rings. The summed E-state index contributed by atoms with van der Waals surface area (Å²) in [5.41, 5.74) is 2.22. The van der Waals surface area contributed by atoms with Crippen LogP contribution in [0.25, 0.3) is 11.4 Å². The van der Waals surface area contributed by atoms with E-state index in [1.165, 1.54) is 12.0 Å². The van der Waals surface area contributed by atoms with Crippen LogP contribution in [-0.2, 0) is 6.42 Å². The van der Waals surface area contributed by atoms with Gasteiger partial charge in [-0.1, -0.05) is 5.16 Å². The molecule has 98 valence electrons. The molecule has 1 unspecified atom stereocenters. The average Bonchev–Trinajstić information content (AvgIpc) is 3.18. The lowest BCUT2D eigenvalue weighted by Gasteiger charge is -2.02. The van der Waals surface area contributed by atoms with Crippen LogP contribution in [0.4, 0.5) is 0 Å². The topological polar surface area (TPSA) is 60.2 Å². The summed E-state index contributed by atoms with van der Waals surface area (Å²) in [5, 5.41) is 7.45. The second-order valence-corrected chi connectivity index (χ2v) is 5.03. The molecule has 0 radical (unpaired) electrons. The zero-order chi connectivity index (χ0) is 12.7. The van der Waals surface area contributed by atoms with Gasteiger partial charge in [0.25, 0.3) is 0 Å². The largest absolute Gasteiger partial charge is 0.493 e. The fourth-order valence-electron chi connectivity index (χ4n) is 2.71. The molecule has 5 heteroatoms. The van der Waals surface area contributed by atoms with Crippen molar-refractivity contribution in [3.63, 3.8) is 0 Å². The van der Waals surface area contributed by atoms with Gasteiger partial charge in [-0.2, -0.15) is 4.98 Å².